The molecule has 0 amide bonds. The first-order valence-corrected chi connectivity index (χ1v) is 4.56. The maximum Gasteiger partial charge on any atom is 0.303 e. The summed E-state index contributed by atoms with van der Waals surface area (Å²) in [4.78, 5) is 10.8. The van der Waals surface area contributed by atoms with Crippen molar-refractivity contribution in [1.29, 1.82) is 0 Å². The minimum absolute atomic E-state index is 0.338. The second kappa shape index (κ2) is 4.82. The molecule has 1 unspecified atom stereocenters. The van der Waals surface area contributed by atoms with Crippen molar-refractivity contribution in [1.82, 2.24) is 0 Å². The number of hydrogen-bond donors (Lipinski definition) is 0. The molecule has 0 aromatic heterocycles. The Bertz CT molecular complexity index is 347. The molecule has 2 nitrogen and oxygen atoms in total. The van der Waals surface area contributed by atoms with E-state index in [1.165, 1.54) is 6.92 Å². The van der Waals surface area contributed by atoms with Crippen molar-refractivity contribution in [2.75, 3.05) is 0 Å². The highest BCUT2D eigenvalue weighted by Gasteiger charge is 2.10. The lowest BCUT2D eigenvalue weighted by Crippen LogP contribution is -2.05. The first kappa shape index (κ1) is 10.8. The van der Waals surface area contributed by atoms with Gasteiger partial charge in [0.2, 0.25) is 0 Å². The van der Waals surface area contributed by atoms with Crippen LogP contribution in [0.3, 0.4) is 0 Å². The molecule has 1 atom stereocenters. The van der Waals surface area contributed by atoms with Crippen LogP contribution in [0.25, 0.3) is 0 Å². The standard InChI is InChI=1S/C11H11ClO2/c1-3-11(14-8(2)13)9-5-4-6-10(12)7-9/h3-7,11H,1H2,2H3. The molecule has 74 valence electrons. The average molecular weight is 211 g/mol. The molecule has 0 N–H and O–H groups in total. The predicted molar refractivity (Wildman–Crippen MR) is 56.2 cm³/mol. The number of rotatable bonds is 3. The van der Waals surface area contributed by atoms with Gasteiger partial charge in [-0.15, -0.1) is 0 Å². The zero-order valence-electron chi connectivity index (χ0n) is 7.87. The monoisotopic (exact) mass is 210 g/mol. The maximum atomic E-state index is 10.8. The number of halogens is 1. The van der Waals surface area contributed by atoms with Crippen LogP contribution in [-0.4, -0.2) is 5.97 Å². The second-order valence-corrected chi connectivity index (χ2v) is 3.26. The maximum absolute atomic E-state index is 10.8. The van der Waals surface area contributed by atoms with Crippen molar-refractivity contribution < 1.29 is 9.53 Å². The van der Waals surface area contributed by atoms with Crippen LogP contribution in [-0.2, 0) is 9.53 Å². The van der Waals surface area contributed by atoms with Gasteiger partial charge in [-0.1, -0.05) is 30.3 Å². The molecule has 0 bridgehead atoms. The molecule has 0 heterocycles. The van der Waals surface area contributed by atoms with Gasteiger partial charge in [-0.2, -0.15) is 0 Å². The molecule has 0 radical (unpaired) electrons. The first-order chi connectivity index (χ1) is 6.63. The van der Waals surface area contributed by atoms with Gasteiger partial charge in [0.15, 0.2) is 0 Å². The second-order valence-electron chi connectivity index (χ2n) is 2.82. The van der Waals surface area contributed by atoms with Crippen molar-refractivity contribution in [3.8, 4) is 0 Å². The van der Waals surface area contributed by atoms with E-state index in [0.717, 1.165) is 5.56 Å². The summed E-state index contributed by atoms with van der Waals surface area (Å²) >= 11 is 5.81. The zero-order valence-corrected chi connectivity index (χ0v) is 8.62. The third kappa shape index (κ3) is 2.89. The molecule has 0 aliphatic rings. The van der Waals surface area contributed by atoms with Crippen LogP contribution in [0, 0.1) is 0 Å². The lowest BCUT2D eigenvalue weighted by Gasteiger charge is -2.12. The molecular formula is C11H11ClO2. The number of benzene rings is 1. The summed E-state index contributed by atoms with van der Waals surface area (Å²) in [6.45, 7) is 4.96. The fourth-order valence-electron chi connectivity index (χ4n) is 1.11. The molecule has 3 heteroatoms. The first-order valence-electron chi connectivity index (χ1n) is 4.18. The Morgan fingerprint density at radius 1 is 1.64 bits per heavy atom. The van der Waals surface area contributed by atoms with Gasteiger partial charge in [0.05, 0.1) is 0 Å². The molecule has 1 rings (SSSR count). The van der Waals surface area contributed by atoms with E-state index >= 15 is 0 Å². The Morgan fingerprint density at radius 3 is 2.86 bits per heavy atom. The van der Waals surface area contributed by atoms with E-state index < -0.39 is 6.10 Å². The van der Waals surface area contributed by atoms with E-state index in [4.69, 9.17) is 16.3 Å². The summed E-state index contributed by atoms with van der Waals surface area (Å²) in [5, 5.41) is 0.613. The van der Waals surface area contributed by atoms with Crippen LogP contribution < -0.4 is 0 Å². The molecule has 0 saturated carbocycles. The molecule has 0 aliphatic carbocycles. The van der Waals surface area contributed by atoms with E-state index in [0.29, 0.717) is 5.02 Å². The summed E-state index contributed by atoms with van der Waals surface area (Å²) in [5.41, 5.74) is 0.822. The number of carbonyl (C=O) groups excluding carboxylic acids is 1. The Labute approximate surface area is 88.1 Å². The van der Waals surface area contributed by atoms with E-state index in [9.17, 15) is 4.79 Å². The van der Waals surface area contributed by atoms with Gasteiger partial charge in [-0.3, -0.25) is 4.79 Å². The van der Waals surface area contributed by atoms with Gasteiger partial charge in [0.1, 0.15) is 6.10 Å². The Hall–Kier alpha value is -1.28. The normalized spacial score (nSPS) is 11.9. The van der Waals surface area contributed by atoms with Crippen LogP contribution in [0.2, 0.25) is 5.02 Å². The van der Waals surface area contributed by atoms with Gasteiger partial charge < -0.3 is 4.74 Å². The molecule has 0 spiro atoms. The smallest absolute Gasteiger partial charge is 0.303 e. The van der Waals surface area contributed by atoms with Gasteiger partial charge in [-0.05, 0) is 23.8 Å². The van der Waals surface area contributed by atoms with E-state index in [2.05, 4.69) is 6.58 Å². The molecule has 0 saturated heterocycles. The lowest BCUT2D eigenvalue weighted by molar-refractivity contribution is -0.144. The molecular weight excluding hydrogens is 200 g/mol. The van der Waals surface area contributed by atoms with Gasteiger partial charge in [-0.25, -0.2) is 0 Å². The molecule has 1 aromatic rings. The molecule has 1 aromatic carbocycles. The lowest BCUT2D eigenvalue weighted by atomic mass is 10.1. The largest absolute Gasteiger partial charge is 0.453 e. The third-order valence-electron chi connectivity index (χ3n) is 1.68. The van der Waals surface area contributed by atoms with E-state index in [-0.39, 0.29) is 5.97 Å². The third-order valence-corrected chi connectivity index (χ3v) is 1.92. The highest BCUT2D eigenvalue weighted by atomic mass is 35.5. The Morgan fingerprint density at radius 2 is 2.36 bits per heavy atom. The topological polar surface area (TPSA) is 26.3 Å². The van der Waals surface area contributed by atoms with Crippen molar-refractivity contribution in [2.24, 2.45) is 0 Å². The minimum Gasteiger partial charge on any atom is -0.453 e. The highest BCUT2D eigenvalue weighted by Crippen LogP contribution is 2.21. The number of hydrogen-bond acceptors (Lipinski definition) is 2. The summed E-state index contributed by atoms with van der Waals surface area (Å²) in [7, 11) is 0. The fraction of sp³-hybridized carbons (Fsp3) is 0.182. The van der Waals surface area contributed by atoms with Crippen molar-refractivity contribution in [3.63, 3.8) is 0 Å². The summed E-state index contributed by atoms with van der Waals surface area (Å²) in [5.74, 6) is -0.338. The van der Waals surface area contributed by atoms with E-state index in [1.807, 2.05) is 6.07 Å². The number of carbonyl (C=O) groups is 1. The molecule has 14 heavy (non-hydrogen) atoms. The quantitative estimate of drug-likeness (QED) is 0.566. The Kier molecular flexibility index (Phi) is 3.72. The van der Waals surface area contributed by atoms with Crippen molar-refractivity contribution >= 4 is 17.6 Å². The molecule has 0 aliphatic heterocycles. The van der Waals surface area contributed by atoms with Crippen LogP contribution in [0.1, 0.15) is 18.6 Å². The summed E-state index contributed by atoms with van der Waals surface area (Å²) in [6, 6.07) is 7.15. The van der Waals surface area contributed by atoms with Crippen LogP contribution >= 0.6 is 11.6 Å². The van der Waals surface area contributed by atoms with Gasteiger partial charge in [0, 0.05) is 11.9 Å². The average Bonchev–Trinajstić information content (AvgIpc) is 2.14. The highest BCUT2D eigenvalue weighted by molar-refractivity contribution is 6.30. The molecule has 0 fully saturated rings. The van der Waals surface area contributed by atoms with Crippen LogP contribution in [0.4, 0.5) is 0 Å². The predicted octanol–water partition coefficient (Wildman–Crippen LogP) is 3.13. The van der Waals surface area contributed by atoms with Gasteiger partial charge >= 0.3 is 5.97 Å². The summed E-state index contributed by atoms with van der Waals surface area (Å²) in [6.07, 6.45) is 1.14. The SMILES string of the molecule is C=CC(OC(C)=O)c1cccc(Cl)c1. The van der Waals surface area contributed by atoms with Crippen LogP contribution in [0.5, 0.6) is 0 Å². The van der Waals surface area contributed by atoms with E-state index in [1.54, 1.807) is 24.3 Å². The van der Waals surface area contributed by atoms with Gasteiger partial charge in [0.25, 0.3) is 0 Å². The Balaban J connectivity index is 2.89. The fourth-order valence-corrected chi connectivity index (χ4v) is 1.31. The zero-order chi connectivity index (χ0) is 10.6. The number of esters is 1. The van der Waals surface area contributed by atoms with Crippen molar-refractivity contribution in [2.45, 2.75) is 13.0 Å². The minimum atomic E-state index is -0.425. The summed E-state index contributed by atoms with van der Waals surface area (Å²) < 4.78 is 5.02. The van der Waals surface area contributed by atoms with Crippen LogP contribution in [0.15, 0.2) is 36.9 Å². The van der Waals surface area contributed by atoms with Crippen molar-refractivity contribution in [3.05, 3.63) is 47.5 Å². The number of ether oxygens (including phenoxy) is 1.